The normalized spacial score (nSPS) is 14.2. The summed E-state index contributed by atoms with van der Waals surface area (Å²) in [6.07, 6.45) is 2.08. The van der Waals surface area contributed by atoms with Gasteiger partial charge in [0.1, 0.15) is 6.54 Å². The number of hydrogen-bond acceptors (Lipinski definition) is 6. The third-order valence-corrected chi connectivity index (χ3v) is 3.54. The van der Waals surface area contributed by atoms with Crippen LogP contribution in [-0.2, 0) is 20.7 Å². The molecule has 1 heterocycles. The summed E-state index contributed by atoms with van der Waals surface area (Å²) in [5.74, 6) is -0.457. The summed E-state index contributed by atoms with van der Waals surface area (Å²) < 4.78 is 4.89. The lowest BCUT2D eigenvalue weighted by atomic mass is 10.3. The highest BCUT2D eigenvalue weighted by molar-refractivity contribution is 7.13. The summed E-state index contributed by atoms with van der Waals surface area (Å²) in [5.41, 5.74) is 6.19. The predicted molar refractivity (Wildman–Crippen MR) is 71.6 cm³/mol. The molecule has 0 radical (unpaired) electrons. The van der Waals surface area contributed by atoms with E-state index in [4.69, 9.17) is 10.5 Å². The number of thiazole rings is 1. The van der Waals surface area contributed by atoms with E-state index in [0.717, 1.165) is 12.8 Å². The molecule has 6 nitrogen and oxygen atoms in total. The third kappa shape index (κ3) is 3.92. The fourth-order valence-electron chi connectivity index (χ4n) is 1.81. The van der Waals surface area contributed by atoms with Crippen LogP contribution in [0.15, 0.2) is 5.38 Å². The van der Waals surface area contributed by atoms with Crippen LogP contribution in [0.1, 0.15) is 25.5 Å². The first kappa shape index (κ1) is 13.8. The Kier molecular flexibility index (Phi) is 4.36. The van der Waals surface area contributed by atoms with Gasteiger partial charge in [0.15, 0.2) is 5.13 Å². The topological polar surface area (TPSA) is 85.5 Å². The summed E-state index contributed by atoms with van der Waals surface area (Å²) in [7, 11) is 0. The molecule has 1 aliphatic carbocycles. The Morgan fingerprint density at radius 3 is 2.84 bits per heavy atom. The van der Waals surface area contributed by atoms with Gasteiger partial charge in [0.2, 0.25) is 5.91 Å². The van der Waals surface area contributed by atoms with Gasteiger partial charge in [0, 0.05) is 11.4 Å². The molecule has 1 saturated carbocycles. The highest BCUT2D eigenvalue weighted by Gasteiger charge is 2.34. The van der Waals surface area contributed by atoms with Crippen LogP contribution in [0.3, 0.4) is 0 Å². The van der Waals surface area contributed by atoms with Gasteiger partial charge in [0.05, 0.1) is 18.7 Å². The standard InChI is InChI=1S/C12H17N3O3S/c1-2-18-11(17)6-15(9-3-4-9)10(16)5-8-7-19-12(13)14-8/h7,9H,2-6H2,1H3,(H2,13,14). The number of aromatic nitrogens is 1. The van der Waals surface area contributed by atoms with E-state index < -0.39 is 0 Å². The molecule has 1 fully saturated rings. The van der Waals surface area contributed by atoms with E-state index in [-0.39, 0.29) is 30.9 Å². The van der Waals surface area contributed by atoms with Crippen molar-refractivity contribution in [2.24, 2.45) is 0 Å². The minimum absolute atomic E-state index is 0.0248. The zero-order chi connectivity index (χ0) is 13.8. The number of amides is 1. The van der Waals surface area contributed by atoms with E-state index in [1.54, 1.807) is 17.2 Å². The van der Waals surface area contributed by atoms with Crippen molar-refractivity contribution in [1.29, 1.82) is 0 Å². The average Bonchev–Trinajstić information content (AvgIpc) is 3.11. The van der Waals surface area contributed by atoms with Crippen LogP contribution in [-0.4, -0.2) is 41.0 Å². The van der Waals surface area contributed by atoms with E-state index in [2.05, 4.69) is 4.98 Å². The summed E-state index contributed by atoms with van der Waals surface area (Å²) in [6, 6.07) is 0.174. The van der Waals surface area contributed by atoms with Crippen molar-refractivity contribution >= 4 is 28.3 Å². The van der Waals surface area contributed by atoms with Gasteiger partial charge < -0.3 is 15.4 Å². The van der Waals surface area contributed by atoms with Crippen molar-refractivity contribution < 1.29 is 14.3 Å². The maximum atomic E-state index is 12.2. The van der Waals surface area contributed by atoms with E-state index >= 15 is 0 Å². The molecule has 0 atom stereocenters. The van der Waals surface area contributed by atoms with Crippen LogP contribution < -0.4 is 5.73 Å². The smallest absolute Gasteiger partial charge is 0.325 e. The number of hydrogen-bond donors (Lipinski definition) is 1. The Morgan fingerprint density at radius 2 is 2.32 bits per heavy atom. The molecule has 19 heavy (non-hydrogen) atoms. The van der Waals surface area contributed by atoms with E-state index in [1.165, 1.54) is 11.3 Å². The minimum atomic E-state index is -0.361. The van der Waals surface area contributed by atoms with E-state index in [0.29, 0.717) is 17.4 Å². The number of nitrogens with zero attached hydrogens (tertiary/aromatic N) is 2. The maximum absolute atomic E-state index is 12.2. The molecule has 1 aliphatic rings. The minimum Gasteiger partial charge on any atom is -0.465 e. The van der Waals surface area contributed by atoms with Crippen molar-refractivity contribution in [3.63, 3.8) is 0 Å². The van der Waals surface area contributed by atoms with Gasteiger partial charge in [0.25, 0.3) is 0 Å². The Hall–Kier alpha value is -1.63. The number of anilines is 1. The number of nitrogen functional groups attached to an aromatic ring is 1. The van der Waals surface area contributed by atoms with Gasteiger partial charge in [-0.25, -0.2) is 4.98 Å². The van der Waals surface area contributed by atoms with Crippen LogP contribution in [0.5, 0.6) is 0 Å². The first-order valence-electron chi connectivity index (χ1n) is 6.25. The summed E-state index contributed by atoms with van der Waals surface area (Å²) in [5, 5.41) is 2.22. The lowest BCUT2D eigenvalue weighted by Crippen LogP contribution is -2.39. The highest BCUT2D eigenvalue weighted by Crippen LogP contribution is 2.27. The molecule has 0 bridgehead atoms. The highest BCUT2D eigenvalue weighted by atomic mass is 32.1. The molecule has 1 amide bonds. The molecule has 7 heteroatoms. The molecule has 1 aromatic rings. The lowest BCUT2D eigenvalue weighted by Gasteiger charge is -2.20. The van der Waals surface area contributed by atoms with Crippen molar-refractivity contribution in [3.8, 4) is 0 Å². The molecular weight excluding hydrogens is 266 g/mol. The Bertz CT molecular complexity index is 471. The van der Waals surface area contributed by atoms with Crippen molar-refractivity contribution in [2.45, 2.75) is 32.2 Å². The SMILES string of the molecule is CCOC(=O)CN(C(=O)Cc1csc(N)n1)C1CC1. The Balaban J connectivity index is 1.94. The predicted octanol–water partition coefficient (Wildman–Crippen LogP) is 0.822. The first-order valence-corrected chi connectivity index (χ1v) is 7.13. The monoisotopic (exact) mass is 283 g/mol. The lowest BCUT2D eigenvalue weighted by molar-refractivity contribution is -0.149. The van der Waals surface area contributed by atoms with Gasteiger partial charge in [-0.05, 0) is 19.8 Å². The Morgan fingerprint density at radius 1 is 1.58 bits per heavy atom. The fraction of sp³-hybridized carbons (Fsp3) is 0.583. The number of nitrogens with two attached hydrogens (primary N) is 1. The quantitative estimate of drug-likeness (QED) is 0.781. The number of esters is 1. The number of carbonyl (C=O) groups excluding carboxylic acids is 2. The van der Waals surface area contributed by atoms with Crippen LogP contribution in [0.25, 0.3) is 0 Å². The van der Waals surface area contributed by atoms with Gasteiger partial charge in [-0.2, -0.15) is 0 Å². The molecule has 104 valence electrons. The van der Waals surface area contributed by atoms with E-state index in [1.807, 2.05) is 0 Å². The summed E-state index contributed by atoms with van der Waals surface area (Å²) in [4.78, 5) is 29.3. The molecule has 0 aromatic carbocycles. The molecule has 2 N–H and O–H groups in total. The van der Waals surface area contributed by atoms with Gasteiger partial charge in [-0.3, -0.25) is 9.59 Å². The molecule has 0 saturated heterocycles. The van der Waals surface area contributed by atoms with Gasteiger partial charge in [-0.15, -0.1) is 11.3 Å². The van der Waals surface area contributed by atoms with Crippen molar-refractivity contribution in [3.05, 3.63) is 11.1 Å². The van der Waals surface area contributed by atoms with E-state index in [9.17, 15) is 9.59 Å². The van der Waals surface area contributed by atoms with Gasteiger partial charge in [-0.1, -0.05) is 0 Å². The van der Waals surface area contributed by atoms with Crippen LogP contribution >= 0.6 is 11.3 Å². The molecule has 2 rings (SSSR count). The fourth-order valence-corrected chi connectivity index (χ4v) is 2.38. The maximum Gasteiger partial charge on any atom is 0.325 e. The number of carbonyl (C=O) groups is 2. The summed E-state index contributed by atoms with van der Waals surface area (Å²) >= 11 is 1.31. The number of ether oxygens (including phenoxy) is 1. The zero-order valence-electron chi connectivity index (χ0n) is 10.8. The molecular formula is C12H17N3O3S. The van der Waals surface area contributed by atoms with Crippen LogP contribution in [0.2, 0.25) is 0 Å². The molecule has 1 aromatic heterocycles. The summed E-state index contributed by atoms with van der Waals surface area (Å²) in [6.45, 7) is 2.10. The van der Waals surface area contributed by atoms with Gasteiger partial charge >= 0.3 is 5.97 Å². The largest absolute Gasteiger partial charge is 0.465 e. The zero-order valence-corrected chi connectivity index (χ0v) is 11.6. The second kappa shape index (κ2) is 6.01. The Labute approximate surface area is 115 Å². The third-order valence-electron chi connectivity index (χ3n) is 2.81. The van der Waals surface area contributed by atoms with Crippen molar-refractivity contribution in [2.75, 3.05) is 18.9 Å². The second-order valence-corrected chi connectivity index (χ2v) is 5.30. The molecule has 0 spiro atoms. The molecule has 0 unspecified atom stereocenters. The van der Waals surface area contributed by atoms with Crippen molar-refractivity contribution in [1.82, 2.24) is 9.88 Å². The second-order valence-electron chi connectivity index (χ2n) is 4.41. The number of rotatable bonds is 6. The first-order chi connectivity index (χ1) is 9.10. The van der Waals surface area contributed by atoms with Crippen LogP contribution in [0.4, 0.5) is 5.13 Å². The molecule has 0 aliphatic heterocycles. The average molecular weight is 283 g/mol. The van der Waals surface area contributed by atoms with Crippen LogP contribution in [0, 0.1) is 0 Å².